The van der Waals surface area contributed by atoms with Gasteiger partial charge in [0.05, 0.1) is 0 Å². The van der Waals surface area contributed by atoms with Crippen LogP contribution >= 0.6 is 0 Å². The van der Waals surface area contributed by atoms with E-state index in [1.54, 1.807) is 6.07 Å². The summed E-state index contributed by atoms with van der Waals surface area (Å²) in [6, 6.07) is 5.13. The van der Waals surface area contributed by atoms with Gasteiger partial charge in [0.1, 0.15) is 11.3 Å². The third-order valence-corrected chi connectivity index (χ3v) is 4.12. The van der Waals surface area contributed by atoms with Crippen molar-refractivity contribution < 1.29 is 8.81 Å². The average molecular weight is 232 g/mol. The third kappa shape index (κ3) is 1.18. The minimum atomic E-state index is -0.280. The number of oxazole rings is 1. The van der Waals surface area contributed by atoms with E-state index in [9.17, 15) is 4.39 Å². The second-order valence-electron chi connectivity index (χ2n) is 5.49. The first kappa shape index (κ1) is 9.45. The topological polar surface area (TPSA) is 29.3 Å². The number of rotatable bonds is 1. The van der Waals surface area contributed by atoms with Crippen LogP contribution in [0, 0.1) is 11.7 Å². The molecule has 17 heavy (non-hydrogen) atoms. The van der Waals surface area contributed by atoms with Crippen molar-refractivity contribution in [3.8, 4) is 0 Å². The van der Waals surface area contributed by atoms with Crippen molar-refractivity contribution in [1.82, 2.24) is 4.98 Å². The lowest BCUT2D eigenvalue weighted by atomic mass is 9.75. The van der Waals surface area contributed by atoms with Gasteiger partial charge in [-0.15, -0.1) is 0 Å². The van der Waals surface area contributed by atoms with Gasteiger partial charge in [0.15, 0.2) is 5.58 Å². The highest BCUT2D eigenvalue weighted by atomic mass is 19.1. The van der Waals surface area contributed by atoms with Gasteiger partial charge in [-0.2, -0.15) is 4.98 Å². The van der Waals surface area contributed by atoms with Crippen LogP contribution in [0.15, 0.2) is 22.6 Å². The Morgan fingerprint density at radius 1 is 1.47 bits per heavy atom. The second kappa shape index (κ2) is 2.81. The number of fused-ring (bicyclic) bond motifs is 2. The molecule has 0 unspecified atom stereocenters. The number of anilines is 1. The highest BCUT2D eigenvalue weighted by molar-refractivity contribution is 5.74. The molecule has 1 aromatic carbocycles. The standard InChI is InChI=1S/C13H13FN2O/c1-13-5-8(6-13)7-16(13)12-15-10-3-2-9(14)4-11(10)17-12/h2-4,8H,5-7H2,1H3. The molecule has 0 N–H and O–H groups in total. The number of nitrogens with zero attached hydrogens (tertiary/aromatic N) is 2. The molecule has 5 rings (SSSR count). The van der Waals surface area contributed by atoms with Crippen LogP contribution in [0.3, 0.4) is 0 Å². The fraction of sp³-hybridized carbons (Fsp3) is 0.462. The average Bonchev–Trinajstić information content (AvgIpc) is 2.85. The molecule has 1 aliphatic carbocycles. The molecule has 2 saturated heterocycles. The van der Waals surface area contributed by atoms with Crippen LogP contribution in [0.2, 0.25) is 0 Å². The van der Waals surface area contributed by atoms with Crippen LogP contribution in [0.25, 0.3) is 11.1 Å². The van der Waals surface area contributed by atoms with Crippen LogP contribution in [0.5, 0.6) is 0 Å². The quantitative estimate of drug-likeness (QED) is 0.757. The van der Waals surface area contributed by atoms with Gasteiger partial charge in [-0.3, -0.25) is 0 Å². The van der Waals surface area contributed by atoms with Gasteiger partial charge >= 0.3 is 0 Å². The molecule has 0 atom stereocenters. The van der Waals surface area contributed by atoms with Gasteiger partial charge in [-0.25, -0.2) is 4.39 Å². The van der Waals surface area contributed by atoms with Crippen LogP contribution in [-0.2, 0) is 0 Å². The van der Waals surface area contributed by atoms with Crippen molar-refractivity contribution in [2.75, 3.05) is 11.4 Å². The summed E-state index contributed by atoms with van der Waals surface area (Å²) in [5.41, 5.74) is 1.48. The predicted octanol–water partition coefficient (Wildman–Crippen LogP) is 2.96. The minimum absolute atomic E-state index is 0.212. The largest absolute Gasteiger partial charge is 0.423 e. The van der Waals surface area contributed by atoms with Crippen molar-refractivity contribution in [3.05, 3.63) is 24.0 Å². The summed E-state index contributed by atoms with van der Waals surface area (Å²) in [5.74, 6) is 0.504. The summed E-state index contributed by atoms with van der Waals surface area (Å²) >= 11 is 0. The molecule has 1 aromatic heterocycles. The molecule has 0 spiro atoms. The third-order valence-electron chi connectivity index (χ3n) is 4.12. The van der Waals surface area contributed by atoms with E-state index in [2.05, 4.69) is 16.8 Å². The van der Waals surface area contributed by atoms with Gasteiger partial charge < -0.3 is 9.32 Å². The smallest absolute Gasteiger partial charge is 0.298 e. The first-order valence-corrected chi connectivity index (χ1v) is 5.98. The maximum absolute atomic E-state index is 13.1. The van der Waals surface area contributed by atoms with Crippen LogP contribution in [-0.4, -0.2) is 17.1 Å². The van der Waals surface area contributed by atoms with E-state index in [0.717, 1.165) is 18.0 Å². The Morgan fingerprint density at radius 2 is 2.29 bits per heavy atom. The molecular weight excluding hydrogens is 219 g/mol. The predicted molar refractivity (Wildman–Crippen MR) is 62.4 cm³/mol. The molecule has 2 aliphatic heterocycles. The van der Waals surface area contributed by atoms with Gasteiger partial charge in [-0.1, -0.05) is 0 Å². The molecule has 0 radical (unpaired) electrons. The highest BCUT2D eigenvalue weighted by Gasteiger charge is 2.54. The molecule has 3 nitrogen and oxygen atoms in total. The molecule has 3 heterocycles. The molecule has 2 aromatic rings. The van der Waals surface area contributed by atoms with Crippen molar-refractivity contribution in [2.24, 2.45) is 5.92 Å². The summed E-state index contributed by atoms with van der Waals surface area (Å²) in [6.45, 7) is 3.26. The van der Waals surface area contributed by atoms with E-state index in [-0.39, 0.29) is 11.4 Å². The van der Waals surface area contributed by atoms with E-state index >= 15 is 0 Å². The lowest BCUT2D eigenvalue weighted by molar-refractivity contribution is 0.263. The van der Waals surface area contributed by atoms with Gasteiger partial charge in [0, 0.05) is 18.2 Å². The number of aromatic nitrogens is 1. The summed E-state index contributed by atoms with van der Waals surface area (Å²) in [5, 5.41) is 0. The Labute approximate surface area is 98.2 Å². The lowest BCUT2D eigenvalue weighted by Gasteiger charge is -2.37. The van der Waals surface area contributed by atoms with E-state index in [1.165, 1.54) is 25.0 Å². The van der Waals surface area contributed by atoms with E-state index in [0.29, 0.717) is 11.6 Å². The number of hydrogen-bond donors (Lipinski definition) is 0. The SMILES string of the molecule is CC12CC(CN1c1nc3ccc(F)cc3o1)C2. The van der Waals surface area contributed by atoms with E-state index < -0.39 is 0 Å². The van der Waals surface area contributed by atoms with Crippen molar-refractivity contribution in [3.63, 3.8) is 0 Å². The first-order chi connectivity index (χ1) is 8.14. The zero-order chi connectivity index (χ0) is 11.6. The van der Waals surface area contributed by atoms with Crippen molar-refractivity contribution >= 4 is 17.1 Å². The molecular formula is C13H13FN2O. The summed E-state index contributed by atoms with van der Waals surface area (Å²) < 4.78 is 18.8. The maximum Gasteiger partial charge on any atom is 0.298 e. The molecule has 4 heteroatoms. The monoisotopic (exact) mass is 232 g/mol. The zero-order valence-corrected chi connectivity index (χ0v) is 9.61. The minimum Gasteiger partial charge on any atom is -0.423 e. The Hall–Kier alpha value is -1.58. The molecule has 3 fully saturated rings. The van der Waals surface area contributed by atoms with Gasteiger partial charge in [0.25, 0.3) is 6.01 Å². The van der Waals surface area contributed by atoms with Crippen molar-refractivity contribution in [1.29, 1.82) is 0 Å². The molecule has 88 valence electrons. The summed E-state index contributed by atoms with van der Waals surface area (Å²) in [6.07, 6.45) is 2.44. The Morgan fingerprint density at radius 3 is 3.00 bits per heavy atom. The highest BCUT2D eigenvalue weighted by Crippen LogP contribution is 2.51. The number of hydrogen-bond acceptors (Lipinski definition) is 3. The Kier molecular flexibility index (Phi) is 1.56. The van der Waals surface area contributed by atoms with E-state index in [1.807, 2.05) is 0 Å². The Balaban J connectivity index is 1.81. The second-order valence-corrected chi connectivity index (χ2v) is 5.49. The number of halogens is 1. The number of benzene rings is 1. The van der Waals surface area contributed by atoms with Gasteiger partial charge in [-0.05, 0) is 37.8 Å². The summed E-state index contributed by atoms with van der Waals surface area (Å²) in [4.78, 5) is 6.68. The first-order valence-electron chi connectivity index (χ1n) is 5.98. The maximum atomic E-state index is 13.1. The fourth-order valence-electron chi connectivity index (χ4n) is 3.32. The zero-order valence-electron chi connectivity index (χ0n) is 9.61. The Bertz CT molecular complexity index is 600. The normalized spacial score (nSPS) is 30.9. The van der Waals surface area contributed by atoms with E-state index in [4.69, 9.17) is 4.42 Å². The van der Waals surface area contributed by atoms with Gasteiger partial charge in [0.2, 0.25) is 0 Å². The molecule has 3 aliphatic rings. The molecule has 0 amide bonds. The van der Waals surface area contributed by atoms with Crippen LogP contribution in [0.4, 0.5) is 10.4 Å². The lowest BCUT2D eigenvalue weighted by Crippen LogP contribution is -2.42. The van der Waals surface area contributed by atoms with Crippen LogP contribution < -0.4 is 4.90 Å². The fourth-order valence-corrected chi connectivity index (χ4v) is 3.32. The molecule has 1 saturated carbocycles. The van der Waals surface area contributed by atoms with Crippen LogP contribution in [0.1, 0.15) is 19.8 Å². The van der Waals surface area contributed by atoms with Crippen molar-refractivity contribution in [2.45, 2.75) is 25.3 Å². The summed E-state index contributed by atoms with van der Waals surface area (Å²) in [7, 11) is 0. The molecule has 2 bridgehead atoms.